The average molecular weight is 422 g/mol. The molecule has 0 atom stereocenters. The maximum absolute atomic E-state index is 13.2. The maximum atomic E-state index is 13.2. The third-order valence-corrected chi connectivity index (χ3v) is 4.85. The number of alkyl halides is 2. The number of fused-ring (bicyclic) bond motifs is 1. The van der Waals surface area contributed by atoms with E-state index in [9.17, 15) is 13.6 Å². The molecule has 0 spiro atoms. The van der Waals surface area contributed by atoms with Crippen LogP contribution in [0.1, 0.15) is 21.6 Å². The summed E-state index contributed by atoms with van der Waals surface area (Å²) in [6.45, 7) is 0.619. The summed E-state index contributed by atoms with van der Waals surface area (Å²) in [6.07, 6.45) is 1.84. The number of nitrogens with zero attached hydrogens (tertiary/aromatic N) is 3. The molecule has 0 fully saturated rings. The van der Waals surface area contributed by atoms with E-state index in [1.165, 1.54) is 6.07 Å². The third-order valence-electron chi connectivity index (χ3n) is 4.85. The van der Waals surface area contributed by atoms with Crippen LogP contribution in [0, 0.1) is 13.8 Å². The number of hydrogen-bond donors (Lipinski definition) is 1. The Morgan fingerprint density at radius 1 is 1.13 bits per heavy atom. The monoisotopic (exact) mass is 422 g/mol. The van der Waals surface area contributed by atoms with Crippen LogP contribution < -0.4 is 10.1 Å². The van der Waals surface area contributed by atoms with Crippen LogP contribution in [-0.2, 0) is 7.05 Å². The molecule has 158 valence electrons. The second-order valence-electron chi connectivity index (χ2n) is 7.21. The molecule has 31 heavy (non-hydrogen) atoms. The van der Waals surface area contributed by atoms with E-state index >= 15 is 0 Å². The zero-order valence-corrected chi connectivity index (χ0v) is 17.2. The normalized spacial score (nSPS) is 11.2. The van der Waals surface area contributed by atoms with Crippen molar-refractivity contribution in [1.29, 1.82) is 0 Å². The zero-order chi connectivity index (χ0) is 22.1. The minimum absolute atomic E-state index is 0.0926. The van der Waals surface area contributed by atoms with Gasteiger partial charge in [-0.2, -0.15) is 13.9 Å². The van der Waals surface area contributed by atoms with Crippen LogP contribution in [0.2, 0.25) is 0 Å². The van der Waals surface area contributed by atoms with Crippen LogP contribution in [0.15, 0.2) is 54.7 Å². The number of rotatable bonds is 5. The van der Waals surface area contributed by atoms with Gasteiger partial charge in [-0.1, -0.05) is 24.3 Å². The molecule has 6 nitrogen and oxygen atoms in total. The number of nitrogens with one attached hydrogen (secondary N) is 1. The molecule has 0 aliphatic carbocycles. The molecule has 1 N–H and O–H groups in total. The predicted octanol–water partition coefficient (Wildman–Crippen LogP) is 5.11. The van der Waals surface area contributed by atoms with Crippen LogP contribution >= 0.6 is 0 Å². The van der Waals surface area contributed by atoms with Gasteiger partial charge >= 0.3 is 6.61 Å². The Labute approximate surface area is 177 Å². The lowest BCUT2D eigenvalue weighted by Crippen LogP contribution is -2.15. The molecule has 4 aromatic rings. The van der Waals surface area contributed by atoms with Crippen LogP contribution in [-0.4, -0.2) is 27.3 Å². The van der Waals surface area contributed by atoms with Gasteiger partial charge in [0, 0.05) is 24.2 Å². The van der Waals surface area contributed by atoms with E-state index in [0.29, 0.717) is 22.2 Å². The molecule has 0 aliphatic rings. The standard InChI is InChI=1S/C23H20F2N4O2/c1-13-8-9-19(21(10-13)31-23(24)25)27-22(30)16-11-20(17-12-29(3)28-14(17)2)26-18-7-5-4-6-15(16)18/h4-12,23H,1-3H3,(H,27,30). The van der Waals surface area contributed by atoms with Crippen molar-refractivity contribution in [2.24, 2.45) is 7.05 Å². The molecular formula is C23H20F2N4O2. The molecule has 1 amide bonds. The van der Waals surface area contributed by atoms with E-state index < -0.39 is 12.5 Å². The highest BCUT2D eigenvalue weighted by Gasteiger charge is 2.18. The van der Waals surface area contributed by atoms with Gasteiger partial charge in [-0.3, -0.25) is 9.48 Å². The van der Waals surface area contributed by atoms with Gasteiger partial charge in [0.1, 0.15) is 5.75 Å². The first kappa shape index (κ1) is 20.5. The van der Waals surface area contributed by atoms with Gasteiger partial charge in [0.25, 0.3) is 5.91 Å². The van der Waals surface area contributed by atoms with Gasteiger partial charge in [0.2, 0.25) is 0 Å². The number of amides is 1. The molecule has 2 aromatic heterocycles. The Hall–Kier alpha value is -3.81. The number of carbonyl (C=O) groups excluding carboxylic acids is 1. The minimum Gasteiger partial charge on any atom is -0.433 e. The molecule has 0 aliphatic heterocycles. The van der Waals surface area contributed by atoms with Crippen molar-refractivity contribution in [2.75, 3.05) is 5.32 Å². The predicted molar refractivity (Wildman–Crippen MR) is 114 cm³/mol. The first-order chi connectivity index (χ1) is 14.8. The minimum atomic E-state index is -3.00. The van der Waals surface area contributed by atoms with Gasteiger partial charge in [-0.15, -0.1) is 0 Å². The number of pyridine rings is 1. The molecule has 0 saturated heterocycles. The number of aromatic nitrogens is 3. The summed E-state index contributed by atoms with van der Waals surface area (Å²) in [7, 11) is 1.81. The summed E-state index contributed by atoms with van der Waals surface area (Å²) in [5.41, 5.74) is 4.09. The van der Waals surface area contributed by atoms with Gasteiger partial charge < -0.3 is 10.1 Å². The van der Waals surface area contributed by atoms with Crippen molar-refractivity contribution in [3.8, 4) is 17.0 Å². The molecule has 0 radical (unpaired) electrons. The van der Waals surface area contributed by atoms with Gasteiger partial charge in [0.05, 0.1) is 28.2 Å². The summed E-state index contributed by atoms with van der Waals surface area (Å²) < 4.78 is 31.9. The summed E-state index contributed by atoms with van der Waals surface area (Å²) in [5.74, 6) is -0.547. The zero-order valence-electron chi connectivity index (χ0n) is 17.2. The van der Waals surface area contributed by atoms with Crippen molar-refractivity contribution < 1.29 is 18.3 Å². The van der Waals surface area contributed by atoms with E-state index in [0.717, 1.165) is 16.8 Å². The fraction of sp³-hybridized carbons (Fsp3) is 0.174. The largest absolute Gasteiger partial charge is 0.433 e. The average Bonchev–Trinajstić information content (AvgIpc) is 3.06. The third kappa shape index (κ3) is 4.23. The van der Waals surface area contributed by atoms with Gasteiger partial charge in [0.15, 0.2) is 0 Å². The number of anilines is 1. The van der Waals surface area contributed by atoms with Crippen LogP contribution in [0.5, 0.6) is 5.75 Å². The second-order valence-corrected chi connectivity index (χ2v) is 7.21. The molecule has 4 rings (SSSR count). The van der Waals surface area contributed by atoms with E-state index in [2.05, 4.69) is 20.1 Å². The topological polar surface area (TPSA) is 69.0 Å². The molecular weight excluding hydrogens is 402 g/mol. The first-order valence-corrected chi connectivity index (χ1v) is 9.59. The van der Waals surface area contributed by atoms with Crippen LogP contribution in [0.4, 0.5) is 14.5 Å². The molecule has 8 heteroatoms. The lowest BCUT2D eigenvalue weighted by Gasteiger charge is -2.14. The number of aryl methyl sites for hydroxylation is 3. The Bertz CT molecular complexity index is 1280. The smallest absolute Gasteiger partial charge is 0.387 e. The molecule has 0 unspecified atom stereocenters. The summed E-state index contributed by atoms with van der Waals surface area (Å²) in [6, 6.07) is 13.7. The molecule has 0 bridgehead atoms. The highest BCUT2D eigenvalue weighted by atomic mass is 19.3. The van der Waals surface area contributed by atoms with Gasteiger partial charge in [-0.05, 0) is 43.7 Å². The van der Waals surface area contributed by atoms with Crippen molar-refractivity contribution in [1.82, 2.24) is 14.8 Å². The Balaban J connectivity index is 1.79. The van der Waals surface area contributed by atoms with E-state index in [-0.39, 0.29) is 11.4 Å². The Morgan fingerprint density at radius 2 is 1.90 bits per heavy atom. The first-order valence-electron chi connectivity index (χ1n) is 9.59. The van der Waals surface area contributed by atoms with Crippen molar-refractivity contribution in [2.45, 2.75) is 20.5 Å². The Morgan fingerprint density at radius 3 is 2.61 bits per heavy atom. The number of ether oxygens (including phenoxy) is 1. The summed E-state index contributed by atoms with van der Waals surface area (Å²) >= 11 is 0. The highest BCUT2D eigenvalue weighted by molar-refractivity contribution is 6.13. The summed E-state index contributed by atoms with van der Waals surface area (Å²) in [5, 5.41) is 7.70. The van der Waals surface area contributed by atoms with Crippen molar-refractivity contribution >= 4 is 22.5 Å². The Kier molecular flexibility index (Phi) is 5.37. The molecule has 2 aromatic carbocycles. The maximum Gasteiger partial charge on any atom is 0.387 e. The second kappa shape index (κ2) is 8.14. The van der Waals surface area contributed by atoms with Gasteiger partial charge in [-0.25, -0.2) is 4.98 Å². The van der Waals surface area contributed by atoms with E-state index in [1.54, 1.807) is 35.9 Å². The van der Waals surface area contributed by atoms with E-state index in [4.69, 9.17) is 0 Å². The fourth-order valence-electron chi connectivity index (χ4n) is 3.47. The fourth-order valence-corrected chi connectivity index (χ4v) is 3.47. The number of halogens is 2. The SMILES string of the molecule is Cc1ccc(NC(=O)c2cc(-c3cn(C)nc3C)nc3ccccc23)c(OC(F)F)c1. The van der Waals surface area contributed by atoms with Crippen molar-refractivity contribution in [3.63, 3.8) is 0 Å². The lowest BCUT2D eigenvalue weighted by molar-refractivity contribution is -0.0494. The number of hydrogen-bond acceptors (Lipinski definition) is 4. The molecule has 0 saturated carbocycles. The number of para-hydroxylation sites is 1. The van der Waals surface area contributed by atoms with Crippen LogP contribution in [0.3, 0.4) is 0 Å². The van der Waals surface area contributed by atoms with E-state index in [1.807, 2.05) is 38.4 Å². The van der Waals surface area contributed by atoms with Crippen molar-refractivity contribution in [3.05, 3.63) is 71.5 Å². The highest BCUT2D eigenvalue weighted by Crippen LogP contribution is 2.30. The van der Waals surface area contributed by atoms with Crippen LogP contribution in [0.25, 0.3) is 22.2 Å². The lowest BCUT2D eigenvalue weighted by atomic mass is 10.0. The molecule has 2 heterocycles. The summed E-state index contributed by atoms with van der Waals surface area (Å²) in [4.78, 5) is 17.9. The quantitative estimate of drug-likeness (QED) is 0.486. The number of carbonyl (C=O) groups is 1. The number of benzene rings is 2.